The predicted molar refractivity (Wildman–Crippen MR) is 121 cm³/mol. The van der Waals surface area contributed by atoms with Gasteiger partial charge in [0.25, 0.3) is 0 Å². The third-order valence-corrected chi connectivity index (χ3v) is 6.28. The van der Waals surface area contributed by atoms with Crippen LogP contribution in [0.4, 0.5) is 11.4 Å². The number of hydrogen-bond donors (Lipinski definition) is 2. The van der Waals surface area contributed by atoms with Crippen molar-refractivity contribution in [3.8, 4) is 5.75 Å². The van der Waals surface area contributed by atoms with Gasteiger partial charge in [0.2, 0.25) is 11.8 Å². The number of carbonyl (C=O) groups is 2. The first-order chi connectivity index (χ1) is 14.0. The third-order valence-electron chi connectivity index (χ3n) is 3.68. The Morgan fingerprint density at radius 3 is 2.62 bits per heavy atom. The quantitative estimate of drug-likeness (QED) is 0.441. The van der Waals surface area contributed by atoms with Crippen LogP contribution in [0.1, 0.15) is 5.69 Å². The highest BCUT2D eigenvalue weighted by atomic mass is 79.9. The van der Waals surface area contributed by atoms with Gasteiger partial charge in [0, 0.05) is 27.3 Å². The number of methoxy groups -OCH3 is 1. The fraction of sp³-hybridized carbons (Fsp3) is 0.150. The highest BCUT2D eigenvalue weighted by molar-refractivity contribution is 9.10. The molecule has 2 aromatic carbocycles. The number of benzene rings is 2. The molecule has 2 amide bonds. The normalized spacial score (nSPS) is 10.4. The molecule has 0 unspecified atom stereocenters. The maximum atomic E-state index is 12.2. The number of hydrogen-bond acceptors (Lipinski definition) is 6. The molecule has 0 radical (unpaired) electrons. The Morgan fingerprint density at radius 1 is 1.10 bits per heavy atom. The molecule has 0 saturated heterocycles. The zero-order valence-corrected chi connectivity index (χ0v) is 18.7. The molecule has 3 aromatic rings. The lowest BCUT2D eigenvalue weighted by molar-refractivity contribution is -0.116. The number of ether oxygens (including phenoxy) is 1. The molecule has 1 heterocycles. The second-order valence-electron chi connectivity index (χ2n) is 5.91. The summed E-state index contributed by atoms with van der Waals surface area (Å²) in [7, 11) is 1.58. The van der Waals surface area contributed by atoms with Crippen LogP contribution in [0.5, 0.6) is 5.75 Å². The van der Waals surface area contributed by atoms with Crippen LogP contribution >= 0.6 is 39.0 Å². The Hall–Kier alpha value is -2.36. The Kier molecular flexibility index (Phi) is 7.68. The summed E-state index contributed by atoms with van der Waals surface area (Å²) in [5.41, 5.74) is 2.09. The van der Waals surface area contributed by atoms with Crippen molar-refractivity contribution < 1.29 is 14.3 Å². The maximum absolute atomic E-state index is 12.2. The topological polar surface area (TPSA) is 80.3 Å². The molecule has 2 N–H and O–H groups in total. The van der Waals surface area contributed by atoms with Gasteiger partial charge in [-0.3, -0.25) is 9.59 Å². The Bertz CT molecular complexity index is 993. The molecule has 150 valence electrons. The zero-order valence-electron chi connectivity index (χ0n) is 15.5. The molecule has 0 bridgehead atoms. The summed E-state index contributed by atoms with van der Waals surface area (Å²) in [6.45, 7) is 0. The summed E-state index contributed by atoms with van der Waals surface area (Å²) in [4.78, 5) is 28.7. The SMILES string of the molecule is COc1cccc(NC(=O)CSc2nc(CC(=O)Nc3ccc(Br)cc3)cs2)c1. The highest BCUT2D eigenvalue weighted by Gasteiger charge is 2.11. The summed E-state index contributed by atoms with van der Waals surface area (Å²) in [5, 5.41) is 7.50. The largest absolute Gasteiger partial charge is 0.497 e. The van der Waals surface area contributed by atoms with Crippen LogP contribution in [-0.2, 0) is 16.0 Å². The molecule has 6 nitrogen and oxygen atoms in total. The Morgan fingerprint density at radius 2 is 1.86 bits per heavy atom. The van der Waals surface area contributed by atoms with Crippen LogP contribution in [0, 0.1) is 0 Å². The standard InChI is InChI=1S/C20H18BrN3O3S2/c1-27-17-4-2-3-15(9-17)23-19(26)12-29-20-24-16(11-28-20)10-18(25)22-14-7-5-13(21)6-8-14/h2-9,11H,10,12H2,1H3,(H,22,25)(H,23,26). The molecule has 0 aliphatic carbocycles. The van der Waals surface area contributed by atoms with Crippen LogP contribution in [0.25, 0.3) is 0 Å². The van der Waals surface area contributed by atoms with E-state index in [2.05, 4.69) is 31.5 Å². The number of amides is 2. The molecular weight excluding hydrogens is 474 g/mol. The summed E-state index contributed by atoms with van der Waals surface area (Å²) < 4.78 is 6.84. The van der Waals surface area contributed by atoms with E-state index in [1.165, 1.54) is 23.1 Å². The number of carbonyl (C=O) groups excluding carboxylic acids is 2. The van der Waals surface area contributed by atoms with Gasteiger partial charge in [-0.1, -0.05) is 33.8 Å². The van der Waals surface area contributed by atoms with Crippen molar-refractivity contribution in [2.45, 2.75) is 10.8 Å². The lowest BCUT2D eigenvalue weighted by atomic mass is 10.3. The summed E-state index contributed by atoms with van der Waals surface area (Å²) in [6, 6.07) is 14.6. The smallest absolute Gasteiger partial charge is 0.234 e. The summed E-state index contributed by atoms with van der Waals surface area (Å²) >= 11 is 6.12. The fourth-order valence-corrected chi connectivity index (χ4v) is 4.27. The van der Waals surface area contributed by atoms with Crippen molar-refractivity contribution in [3.05, 3.63) is 64.1 Å². The molecule has 0 aliphatic rings. The van der Waals surface area contributed by atoms with Gasteiger partial charge in [-0.25, -0.2) is 4.98 Å². The number of thiazole rings is 1. The summed E-state index contributed by atoms with van der Waals surface area (Å²) in [6.07, 6.45) is 0.184. The molecule has 0 saturated carbocycles. The van der Waals surface area contributed by atoms with Crippen LogP contribution in [-0.4, -0.2) is 29.7 Å². The van der Waals surface area contributed by atoms with Crippen LogP contribution in [0.3, 0.4) is 0 Å². The monoisotopic (exact) mass is 491 g/mol. The van der Waals surface area contributed by atoms with Crippen molar-refractivity contribution in [2.75, 3.05) is 23.5 Å². The van der Waals surface area contributed by atoms with E-state index in [0.29, 0.717) is 17.1 Å². The van der Waals surface area contributed by atoms with Crippen molar-refractivity contribution in [1.29, 1.82) is 0 Å². The molecule has 29 heavy (non-hydrogen) atoms. The van der Waals surface area contributed by atoms with Crippen molar-refractivity contribution in [1.82, 2.24) is 4.98 Å². The zero-order chi connectivity index (χ0) is 20.6. The van der Waals surface area contributed by atoms with E-state index in [4.69, 9.17) is 4.74 Å². The number of thioether (sulfide) groups is 1. The van der Waals surface area contributed by atoms with Gasteiger partial charge in [0.1, 0.15) is 5.75 Å². The number of rotatable bonds is 8. The number of nitrogens with one attached hydrogen (secondary N) is 2. The van der Waals surface area contributed by atoms with Crippen LogP contribution in [0.2, 0.25) is 0 Å². The van der Waals surface area contributed by atoms with Crippen molar-refractivity contribution in [2.24, 2.45) is 0 Å². The molecule has 0 fully saturated rings. The van der Waals surface area contributed by atoms with E-state index in [1.54, 1.807) is 19.2 Å². The number of nitrogens with zero attached hydrogens (tertiary/aromatic N) is 1. The first kappa shape index (κ1) is 21.4. The molecule has 0 spiro atoms. The molecule has 1 aromatic heterocycles. The van der Waals surface area contributed by atoms with Gasteiger partial charge in [0.05, 0.1) is 25.0 Å². The van der Waals surface area contributed by atoms with Crippen LogP contribution < -0.4 is 15.4 Å². The second kappa shape index (κ2) is 10.4. The van der Waals surface area contributed by atoms with E-state index >= 15 is 0 Å². The predicted octanol–water partition coefficient (Wildman–Crippen LogP) is 4.83. The minimum absolute atomic E-state index is 0.131. The minimum atomic E-state index is -0.134. The molecule has 0 atom stereocenters. The van der Waals surface area contributed by atoms with E-state index in [0.717, 1.165) is 14.5 Å². The molecule has 3 rings (SSSR count). The Balaban J connectivity index is 1.46. The van der Waals surface area contributed by atoms with Gasteiger partial charge in [0.15, 0.2) is 4.34 Å². The number of aromatic nitrogens is 1. The Labute approximate surface area is 185 Å². The fourth-order valence-electron chi connectivity index (χ4n) is 2.36. The maximum Gasteiger partial charge on any atom is 0.234 e. The van der Waals surface area contributed by atoms with Crippen LogP contribution in [0.15, 0.2) is 62.7 Å². The highest BCUT2D eigenvalue weighted by Crippen LogP contribution is 2.24. The third kappa shape index (κ3) is 6.88. The molecular formula is C20H18BrN3O3S2. The lowest BCUT2D eigenvalue weighted by Gasteiger charge is -2.06. The van der Waals surface area contributed by atoms with Gasteiger partial charge in [-0.15, -0.1) is 11.3 Å². The van der Waals surface area contributed by atoms with Crippen molar-refractivity contribution in [3.63, 3.8) is 0 Å². The lowest BCUT2D eigenvalue weighted by Crippen LogP contribution is -2.14. The number of halogens is 1. The van der Waals surface area contributed by atoms with Gasteiger partial charge in [-0.2, -0.15) is 0 Å². The van der Waals surface area contributed by atoms with Gasteiger partial charge < -0.3 is 15.4 Å². The van der Waals surface area contributed by atoms with E-state index in [1.807, 2.05) is 41.8 Å². The van der Waals surface area contributed by atoms with E-state index < -0.39 is 0 Å². The first-order valence-electron chi connectivity index (χ1n) is 8.58. The van der Waals surface area contributed by atoms with Crippen molar-refractivity contribution >= 4 is 62.2 Å². The first-order valence-corrected chi connectivity index (χ1v) is 11.2. The number of anilines is 2. The van der Waals surface area contributed by atoms with Gasteiger partial charge in [-0.05, 0) is 36.4 Å². The molecule has 0 aliphatic heterocycles. The summed E-state index contributed by atoms with van der Waals surface area (Å²) in [5.74, 6) is 0.647. The average Bonchev–Trinajstić information content (AvgIpc) is 3.15. The minimum Gasteiger partial charge on any atom is -0.497 e. The molecule has 9 heteroatoms. The van der Waals surface area contributed by atoms with Gasteiger partial charge >= 0.3 is 0 Å². The van der Waals surface area contributed by atoms with E-state index in [-0.39, 0.29) is 24.0 Å². The average molecular weight is 492 g/mol. The second-order valence-corrected chi connectivity index (χ2v) is 8.90. The van der Waals surface area contributed by atoms with E-state index in [9.17, 15) is 9.59 Å².